The van der Waals surface area contributed by atoms with Gasteiger partial charge in [-0.2, -0.15) is 0 Å². The van der Waals surface area contributed by atoms with E-state index < -0.39 is 29.0 Å². The van der Waals surface area contributed by atoms with Crippen LogP contribution in [0.3, 0.4) is 0 Å². The molecule has 6 bridgehead atoms. The van der Waals surface area contributed by atoms with Gasteiger partial charge in [0.25, 0.3) is 0 Å². The van der Waals surface area contributed by atoms with Crippen molar-refractivity contribution in [3.05, 3.63) is 58.2 Å². The number of ether oxygens (including phenoxy) is 2. The number of aryl methyl sites for hydroxylation is 1. The Balaban J connectivity index is 1.24. The Morgan fingerprint density at radius 1 is 1.14 bits per heavy atom. The van der Waals surface area contributed by atoms with Crippen molar-refractivity contribution in [3.8, 4) is 22.5 Å². The molecule has 350 valence electrons. The molecule has 7 rings (SSSR count). The number of hydrazine groups is 1. The molecule has 15 nitrogen and oxygen atoms in total. The molecule has 4 amide bonds. The Labute approximate surface area is 390 Å². The van der Waals surface area contributed by atoms with Crippen molar-refractivity contribution < 1.29 is 28.7 Å². The average Bonchev–Trinajstić information content (AvgIpc) is 3.88. The summed E-state index contributed by atoms with van der Waals surface area (Å²) >= 11 is 1.49. The minimum absolute atomic E-state index is 0.00885. The van der Waals surface area contributed by atoms with Crippen molar-refractivity contribution in [1.29, 1.82) is 0 Å². The van der Waals surface area contributed by atoms with Crippen molar-refractivity contribution >= 4 is 55.7 Å². The highest BCUT2D eigenvalue weighted by Crippen LogP contribution is 2.42. The molecule has 3 aromatic heterocycles. The van der Waals surface area contributed by atoms with Gasteiger partial charge in [-0.15, -0.1) is 11.3 Å². The summed E-state index contributed by atoms with van der Waals surface area (Å²) in [5.74, 6) is -1.15. The average molecular weight is 926 g/mol. The molecule has 0 aliphatic carbocycles. The highest BCUT2D eigenvalue weighted by molar-refractivity contribution is 7.10. The Bertz CT molecular complexity index is 2380. The summed E-state index contributed by atoms with van der Waals surface area (Å²) < 4.78 is 14.3. The smallest absolute Gasteiger partial charge is 0.324 e. The number of amides is 4. The van der Waals surface area contributed by atoms with Gasteiger partial charge in [-0.1, -0.05) is 33.8 Å². The van der Waals surface area contributed by atoms with Crippen molar-refractivity contribution in [2.75, 3.05) is 47.4 Å². The van der Waals surface area contributed by atoms with E-state index in [0.29, 0.717) is 38.9 Å². The van der Waals surface area contributed by atoms with E-state index in [0.717, 1.165) is 56.2 Å². The molecular weight excluding hydrogens is 859 g/mol. The molecule has 65 heavy (non-hydrogen) atoms. The number of piperazine rings is 1. The van der Waals surface area contributed by atoms with Crippen LogP contribution in [-0.2, 0) is 43.2 Å². The number of fused-ring (bicyclic) bond motifs is 6. The fourth-order valence-electron chi connectivity index (χ4n) is 9.61. The molecule has 2 N–H and O–H groups in total. The van der Waals surface area contributed by atoms with E-state index >= 15 is 0 Å². The maximum absolute atomic E-state index is 14.6. The number of carbonyl (C=O) groups is 4. The molecule has 0 saturated carbocycles. The van der Waals surface area contributed by atoms with Gasteiger partial charge in [-0.3, -0.25) is 29.3 Å². The molecule has 0 unspecified atom stereocenters. The lowest BCUT2D eigenvalue weighted by atomic mass is 9.84. The highest BCUT2D eigenvalue weighted by atomic mass is 32.1. The lowest BCUT2D eigenvalue weighted by Crippen LogP contribution is -2.62. The summed E-state index contributed by atoms with van der Waals surface area (Å²) in [6.07, 6.45) is 3.55. The highest BCUT2D eigenvalue weighted by Gasteiger charge is 2.39. The number of nitrogens with zero attached hydrogens (tertiary/aromatic N) is 7. The molecule has 4 aromatic rings. The number of hydrogen-bond donors (Lipinski definition) is 2. The van der Waals surface area contributed by atoms with Gasteiger partial charge in [0.2, 0.25) is 11.8 Å². The van der Waals surface area contributed by atoms with E-state index in [4.69, 9.17) is 19.4 Å². The van der Waals surface area contributed by atoms with Gasteiger partial charge in [-0.25, -0.2) is 15.2 Å². The molecule has 3 aliphatic heterocycles. The molecule has 2 radical (unpaired) electrons. The lowest BCUT2D eigenvalue weighted by Gasteiger charge is -2.45. The van der Waals surface area contributed by atoms with Gasteiger partial charge in [0, 0.05) is 97.9 Å². The lowest BCUT2D eigenvalue weighted by molar-refractivity contribution is -0.154. The van der Waals surface area contributed by atoms with Gasteiger partial charge < -0.3 is 28.8 Å². The zero-order chi connectivity index (χ0) is 46.9. The van der Waals surface area contributed by atoms with E-state index in [1.807, 2.05) is 44.0 Å². The number of likely N-dealkylation sites (N-methyl/N-ethyl adjacent to an activating group) is 2. The second-order valence-corrected chi connectivity index (χ2v) is 21.4. The summed E-state index contributed by atoms with van der Waals surface area (Å²) in [5, 5.41) is 5.39. The van der Waals surface area contributed by atoms with Crippen LogP contribution in [-0.4, -0.2) is 139 Å². The molecule has 2 saturated heterocycles. The number of thiazole rings is 1. The minimum atomic E-state index is -0.759. The van der Waals surface area contributed by atoms with Gasteiger partial charge >= 0.3 is 12.0 Å². The number of rotatable bonds is 9. The third-order valence-corrected chi connectivity index (χ3v) is 15.4. The van der Waals surface area contributed by atoms with Gasteiger partial charge in [0.15, 0.2) is 9.68 Å². The van der Waals surface area contributed by atoms with E-state index in [-0.39, 0.29) is 64.7 Å². The summed E-state index contributed by atoms with van der Waals surface area (Å²) in [4.78, 5) is 75.4. The van der Waals surface area contributed by atoms with Crippen molar-refractivity contribution in [2.45, 2.75) is 123 Å². The number of aromatic nitrogens is 3. The molecule has 6 atom stereocenters. The fourth-order valence-corrected chi connectivity index (χ4v) is 11.6. The quantitative estimate of drug-likeness (QED) is 0.144. The van der Waals surface area contributed by atoms with Crippen LogP contribution in [0.1, 0.15) is 90.6 Å². The van der Waals surface area contributed by atoms with E-state index in [1.54, 1.807) is 25.3 Å². The second-order valence-electron chi connectivity index (χ2n) is 19.3. The fraction of sp³-hybridized carbons (Fsp3) is 0.583. The first-order valence-corrected chi connectivity index (χ1v) is 25.0. The third kappa shape index (κ3) is 10.2. The monoisotopic (exact) mass is 925 g/mol. The van der Waals surface area contributed by atoms with E-state index in [9.17, 15) is 19.2 Å². The number of carbonyl (C=O) groups excluding carboxylic acids is 4. The predicted molar refractivity (Wildman–Crippen MR) is 255 cm³/mol. The number of hydrogen-bond acceptors (Lipinski definition) is 11. The number of methoxy groups -OCH3 is 1. The zero-order valence-electron chi connectivity index (χ0n) is 39.9. The first-order valence-electron chi connectivity index (χ1n) is 23.0. The largest absolute Gasteiger partial charge is 0.464 e. The SMILES string of the molecule is CCn1c(-c2cccnc2[C@H](C)OC)c2c3cc(ccc31)-c1csc(n1)C[C@H]([Si]NC(=O)[C@H](C(C)C)N(C)C(=O)N1C[C@@H](C)N(C)C[C@@H]1C)C(=O)N1CCC[C@H](N1)C(=O)OCC(C)(C)C2. The molecular formula is C48H67N9O6SSi. The van der Waals surface area contributed by atoms with Crippen molar-refractivity contribution in [1.82, 2.24) is 44.7 Å². The topological polar surface area (TPSA) is 154 Å². The van der Waals surface area contributed by atoms with Crippen LogP contribution >= 0.6 is 11.3 Å². The molecule has 6 heterocycles. The van der Waals surface area contributed by atoms with Crippen LogP contribution in [0.4, 0.5) is 4.79 Å². The number of esters is 1. The summed E-state index contributed by atoms with van der Waals surface area (Å²) in [6, 6.07) is 9.05. The molecule has 0 spiro atoms. The number of nitrogens with one attached hydrogen (secondary N) is 2. The Morgan fingerprint density at radius 3 is 2.63 bits per heavy atom. The molecule has 17 heteroatoms. The minimum Gasteiger partial charge on any atom is -0.464 e. The van der Waals surface area contributed by atoms with Crippen LogP contribution in [0.2, 0.25) is 5.54 Å². The third-order valence-electron chi connectivity index (χ3n) is 13.4. The van der Waals surface area contributed by atoms with Crippen LogP contribution in [0.15, 0.2) is 41.9 Å². The van der Waals surface area contributed by atoms with Crippen LogP contribution < -0.4 is 10.4 Å². The summed E-state index contributed by atoms with van der Waals surface area (Å²) in [6.45, 7) is 19.0. The Hall–Kier alpha value is -4.68. The Morgan fingerprint density at radius 2 is 1.91 bits per heavy atom. The number of urea groups is 1. The van der Waals surface area contributed by atoms with E-state index in [1.165, 1.54) is 16.3 Å². The van der Waals surface area contributed by atoms with Crippen molar-refractivity contribution in [3.63, 3.8) is 0 Å². The van der Waals surface area contributed by atoms with Gasteiger partial charge in [0.05, 0.1) is 40.3 Å². The zero-order valence-corrected chi connectivity index (χ0v) is 41.8. The van der Waals surface area contributed by atoms with Crippen LogP contribution in [0.5, 0.6) is 0 Å². The molecule has 2 fully saturated rings. The maximum atomic E-state index is 14.6. The van der Waals surface area contributed by atoms with Gasteiger partial charge in [0.1, 0.15) is 12.1 Å². The summed E-state index contributed by atoms with van der Waals surface area (Å²) in [5.41, 5.74) is 8.89. The van der Waals surface area contributed by atoms with E-state index in [2.05, 4.69) is 78.9 Å². The summed E-state index contributed by atoms with van der Waals surface area (Å²) in [7, 11) is 5.13. The first kappa shape index (κ1) is 48.3. The Kier molecular flexibility index (Phi) is 14.9. The normalized spacial score (nSPS) is 23.0. The van der Waals surface area contributed by atoms with Gasteiger partial charge in [-0.05, 0) is 89.8 Å². The number of pyridine rings is 1. The van der Waals surface area contributed by atoms with Crippen molar-refractivity contribution in [2.24, 2.45) is 11.3 Å². The predicted octanol–water partition coefficient (Wildman–Crippen LogP) is 6.34. The first-order chi connectivity index (χ1) is 30.9. The molecule has 1 aromatic carbocycles. The number of benzene rings is 1. The van der Waals surface area contributed by atoms with Crippen LogP contribution in [0, 0.1) is 11.3 Å². The molecule has 3 aliphatic rings. The maximum Gasteiger partial charge on any atom is 0.324 e. The second kappa shape index (κ2) is 20.0. The standard InChI is InChI=1S/C48H67N9O6SSi/c1-12-55-38-18-17-32-21-34(38)35(43(55)33-15-13-19-49-41(33)31(6)62-11)23-48(7,8)27-63-46(60)36-16-14-20-57(51-36)45(59)39(22-40-50-37(32)26-64-40)65-52-44(58)42(28(2)3)54(10)47(61)56-25-29(4)53(9)24-30(56)5/h13,15,17-19,21,26,28-31,36,39,42,51H,12,14,16,20,22-25,27H2,1-11H3,(H,52,58)/t29-,30+,31+,36+,39+,42+/m1/s1. The van der Waals surface area contributed by atoms with Crippen LogP contribution in [0.25, 0.3) is 33.4 Å². The number of cyclic esters (lactones) is 1.